The number of carbonyl (C=O) groups is 2. The van der Waals surface area contributed by atoms with Gasteiger partial charge in [-0.15, -0.1) is 0 Å². The molecule has 4 rings (SSSR count). The summed E-state index contributed by atoms with van der Waals surface area (Å²) < 4.78 is 10.8. The quantitative estimate of drug-likeness (QED) is 0.550. The number of carbonyl (C=O) groups excluding carboxylic acids is 2. The van der Waals surface area contributed by atoms with Crippen molar-refractivity contribution in [2.75, 3.05) is 19.8 Å². The number of hydrazone groups is 1. The van der Waals surface area contributed by atoms with E-state index in [1.54, 1.807) is 6.07 Å². The van der Waals surface area contributed by atoms with Crippen molar-refractivity contribution in [3.63, 3.8) is 0 Å². The summed E-state index contributed by atoms with van der Waals surface area (Å²) in [5, 5.41) is 5.70. The minimum absolute atomic E-state index is 0.282. The van der Waals surface area contributed by atoms with Crippen LogP contribution in [0.25, 0.3) is 11.1 Å². The lowest BCUT2D eigenvalue weighted by Crippen LogP contribution is -2.29. The summed E-state index contributed by atoms with van der Waals surface area (Å²) in [6.07, 6.45) is 0.670. The molecule has 0 unspecified atom stereocenters. The lowest BCUT2D eigenvalue weighted by molar-refractivity contribution is -0.153. The third kappa shape index (κ3) is 5.17. The molecule has 0 atom stereocenters. The summed E-state index contributed by atoms with van der Waals surface area (Å²) in [5.74, 6) is -0.389. The lowest BCUT2D eigenvalue weighted by Gasteiger charge is -2.13. The Bertz CT molecular complexity index is 1080. The van der Waals surface area contributed by atoms with Crippen molar-refractivity contribution in [3.8, 4) is 16.9 Å². The number of nitrogens with zero attached hydrogens (tertiary/aromatic N) is 2. The minimum atomic E-state index is -0.609. The van der Waals surface area contributed by atoms with Crippen LogP contribution in [-0.4, -0.2) is 42.4 Å². The highest BCUT2D eigenvalue weighted by Gasteiger charge is 2.22. The smallest absolute Gasteiger partial charge is 0.344 e. The number of rotatable bonds is 7. The first-order chi connectivity index (χ1) is 15.2. The maximum atomic E-state index is 12.3. The topological polar surface area (TPSA) is 68.2 Å². The third-order valence-corrected chi connectivity index (χ3v) is 4.87. The average molecular weight is 414 g/mol. The van der Waals surface area contributed by atoms with E-state index in [2.05, 4.69) is 5.10 Å². The standard InChI is InChI=1S/C25H22N2O4/c28-24(27-16-15-22(26-27)20-11-5-2-6-12-20)17-31-25(29)18-30-23-14-8-7-13-21(23)19-9-3-1-4-10-19/h1-14H,15-18H2. The van der Waals surface area contributed by atoms with Crippen molar-refractivity contribution in [3.05, 3.63) is 90.5 Å². The minimum Gasteiger partial charge on any atom is -0.481 e. The first-order valence-electron chi connectivity index (χ1n) is 10.1. The largest absolute Gasteiger partial charge is 0.481 e. The number of hydrogen-bond donors (Lipinski definition) is 0. The van der Waals surface area contributed by atoms with E-state index in [1.165, 1.54) is 5.01 Å². The molecule has 0 spiro atoms. The second kappa shape index (κ2) is 9.71. The molecule has 1 aliphatic heterocycles. The van der Waals surface area contributed by atoms with Crippen molar-refractivity contribution in [2.24, 2.45) is 5.10 Å². The van der Waals surface area contributed by atoms with E-state index in [1.807, 2.05) is 78.9 Å². The SMILES string of the molecule is O=C(COc1ccccc1-c1ccccc1)OCC(=O)N1CCC(c2ccccc2)=N1. The molecule has 31 heavy (non-hydrogen) atoms. The van der Waals surface area contributed by atoms with E-state index in [0.717, 1.165) is 22.4 Å². The van der Waals surface area contributed by atoms with E-state index in [4.69, 9.17) is 9.47 Å². The van der Waals surface area contributed by atoms with Gasteiger partial charge < -0.3 is 9.47 Å². The molecule has 0 saturated heterocycles. The van der Waals surface area contributed by atoms with Crippen molar-refractivity contribution >= 4 is 17.6 Å². The summed E-state index contributed by atoms with van der Waals surface area (Å²) in [7, 11) is 0. The molecule has 0 aromatic heterocycles. The van der Waals surface area contributed by atoms with E-state index in [-0.39, 0.29) is 19.1 Å². The first-order valence-corrected chi connectivity index (χ1v) is 10.1. The predicted molar refractivity (Wildman–Crippen MR) is 118 cm³/mol. The van der Waals surface area contributed by atoms with Crippen LogP contribution in [-0.2, 0) is 14.3 Å². The van der Waals surface area contributed by atoms with Crippen LogP contribution < -0.4 is 4.74 Å². The molecule has 1 aliphatic rings. The van der Waals surface area contributed by atoms with Crippen molar-refractivity contribution in [1.82, 2.24) is 5.01 Å². The molecule has 3 aromatic carbocycles. The molecular weight excluding hydrogens is 392 g/mol. The zero-order chi connectivity index (χ0) is 21.5. The molecule has 0 radical (unpaired) electrons. The monoisotopic (exact) mass is 414 g/mol. The van der Waals surface area contributed by atoms with Gasteiger partial charge in [-0.05, 0) is 17.2 Å². The fraction of sp³-hybridized carbons (Fsp3) is 0.160. The second-order valence-electron chi connectivity index (χ2n) is 6.99. The summed E-state index contributed by atoms with van der Waals surface area (Å²) in [6, 6.07) is 26.9. The number of para-hydroxylation sites is 1. The van der Waals surface area contributed by atoms with Gasteiger partial charge in [0.1, 0.15) is 5.75 Å². The Kier molecular flexibility index (Phi) is 6.38. The zero-order valence-corrected chi connectivity index (χ0v) is 16.9. The molecular formula is C25H22N2O4. The highest BCUT2D eigenvalue weighted by molar-refractivity contribution is 6.02. The van der Waals surface area contributed by atoms with Crippen molar-refractivity contribution in [2.45, 2.75) is 6.42 Å². The molecule has 6 nitrogen and oxygen atoms in total. The second-order valence-corrected chi connectivity index (χ2v) is 6.99. The van der Waals surface area contributed by atoms with Gasteiger partial charge in [-0.2, -0.15) is 5.10 Å². The lowest BCUT2D eigenvalue weighted by atomic mass is 10.1. The molecule has 3 aromatic rings. The molecule has 0 fully saturated rings. The van der Waals surface area contributed by atoms with E-state index < -0.39 is 5.97 Å². The molecule has 0 aliphatic carbocycles. The molecule has 6 heteroatoms. The molecule has 0 N–H and O–H groups in total. The van der Waals surface area contributed by atoms with Gasteiger partial charge in [0.05, 0.1) is 12.3 Å². The van der Waals surface area contributed by atoms with Crippen LogP contribution in [0, 0.1) is 0 Å². The third-order valence-electron chi connectivity index (χ3n) is 4.87. The summed E-state index contributed by atoms with van der Waals surface area (Å²) >= 11 is 0. The van der Waals surface area contributed by atoms with Crippen molar-refractivity contribution < 1.29 is 19.1 Å². The van der Waals surface area contributed by atoms with Gasteiger partial charge in [0.25, 0.3) is 5.91 Å². The summed E-state index contributed by atoms with van der Waals surface area (Å²) in [5.41, 5.74) is 3.70. The predicted octanol–water partition coefficient (Wildman–Crippen LogP) is 3.91. The Morgan fingerprint density at radius 1 is 0.806 bits per heavy atom. The number of esters is 1. The first kappa shape index (κ1) is 20.3. The van der Waals surface area contributed by atoms with Crippen LogP contribution in [0.5, 0.6) is 5.75 Å². The Morgan fingerprint density at radius 3 is 2.19 bits per heavy atom. The average Bonchev–Trinajstić information content (AvgIpc) is 3.33. The number of amides is 1. The maximum Gasteiger partial charge on any atom is 0.344 e. The maximum absolute atomic E-state index is 12.3. The zero-order valence-electron chi connectivity index (χ0n) is 16.9. The van der Waals surface area contributed by atoms with E-state index in [9.17, 15) is 9.59 Å². The number of ether oxygens (including phenoxy) is 2. The Hall–Kier alpha value is -3.93. The van der Waals surface area contributed by atoms with Crippen LogP contribution in [0.15, 0.2) is 90.0 Å². The number of hydrogen-bond acceptors (Lipinski definition) is 5. The summed E-state index contributed by atoms with van der Waals surface area (Å²) in [4.78, 5) is 24.5. The normalized spacial score (nSPS) is 12.9. The van der Waals surface area contributed by atoms with Crippen LogP contribution >= 0.6 is 0 Å². The van der Waals surface area contributed by atoms with E-state index in [0.29, 0.717) is 18.7 Å². The van der Waals surface area contributed by atoms with Crippen LogP contribution in [0.3, 0.4) is 0 Å². The van der Waals surface area contributed by atoms with E-state index >= 15 is 0 Å². The van der Waals surface area contributed by atoms with Gasteiger partial charge in [-0.25, -0.2) is 9.80 Å². The number of benzene rings is 3. The molecule has 1 amide bonds. The Morgan fingerprint density at radius 2 is 1.45 bits per heavy atom. The molecule has 1 heterocycles. The van der Waals surface area contributed by atoms with Crippen molar-refractivity contribution in [1.29, 1.82) is 0 Å². The highest BCUT2D eigenvalue weighted by Crippen LogP contribution is 2.29. The van der Waals surface area contributed by atoms with Gasteiger partial charge in [-0.1, -0.05) is 78.9 Å². The van der Waals surface area contributed by atoms with Gasteiger partial charge in [0.2, 0.25) is 0 Å². The molecule has 0 saturated carbocycles. The van der Waals surface area contributed by atoms with Gasteiger partial charge in [0, 0.05) is 12.0 Å². The Labute approximate surface area is 180 Å². The fourth-order valence-corrected chi connectivity index (χ4v) is 3.31. The van der Waals surface area contributed by atoms with Gasteiger partial charge in [-0.3, -0.25) is 4.79 Å². The highest BCUT2D eigenvalue weighted by atomic mass is 16.6. The van der Waals surface area contributed by atoms with Crippen LogP contribution in [0.1, 0.15) is 12.0 Å². The Balaban J connectivity index is 1.29. The van der Waals surface area contributed by atoms with Gasteiger partial charge >= 0.3 is 5.97 Å². The summed E-state index contributed by atoms with van der Waals surface area (Å²) in [6.45, 7) is -0.175. The molecule has 156 valence electrons. The fourth-order valence-electron chi connectivity index (χ4n) is 3.31. The van der Waals surface area contributed by atoms with Gasteiger partial charge in [0.15, 0.2) is 13.2 Å². The van der Waals surface area contributed by atoms with Crippen LogP contribution in [0.2, 0.25) is 0 Å². The van der Waals surface area contributed by atoms with Crippen LogP contribution in [0.4, 0.5) is 0 Å². The molecule has 0 bridgehead atoms.